The molecule has 37 heavy (non-hydrogen) atoms. The summed E-state index contributed by atoms with van der Waals surface area (Å²) in [6.07, 6.45) is 13.7. The Balaban J connectivity index is 1.48. The molecule has 4 rings (SSSR count). The molecule has 2 bridgehead atoms. The zero-order valence-corrected chi connectivity index (χ0v) is 22.3. The van der Waals surface area contributed by atoms with Crippen molar-refractivity contribution in [1.29, 1.82) is 0 Å². The van der Waals surface area contributed by atoms with Crippen LogP contribution in [0.15, 0.2) is 66.5 Å². The van der Waals surface area contributed by atoms with Gasteiger partial charge in [-0.3, -0.25) is 4.79 Å². The van der Waals surface area contributed by atoms with E-state index >= 15 is 0 Å². The number of rotatable bonds is 7. The highest BCUT2D eigenvalue weighted by molar-refractivity contribution is 5.71. The van der Waals surface area contributed by atoms with E-state index in [4.69, 9.17) is 14.2 Å². The fourth-order valence-electron chi connectivity index (χ4n) is 6.09. The Hall–Kier alpha value is -3.02. The highest BCUT2D eigenvalue weighted by Crippen LogP contribution is 2.53. The number of esters is 1. The van der Waals surface area contributed by atoms with Crippen molar-refractivity contribution in [3.05, 3.63) is 72.0 Å². The van der Waals surface area contributed by atoms with Gasteiger partial charge in [0.15, 0.2) is 0 Å². The molecule has 1 heterocycles. The number of carbonyl (C=O) groups is 2. The van der Waals surface area contributed by atoms with Crippen molar-refractivity contribution in [2.45, 2.75) is 77.9 Å². The molecule has 6 heteroatoms. The van der Waals surface area contributed by atoms with Crippen LogP contribution in [0.1, 0.15) is 70.8 Å². The molecule has 6 nitrogen and oxygen atoms in total. The van der Waals surface area contributed by atoms with Crippen LogP contribution in [0.4, 0.5) is 4.79 Å². The third kappa shape index (κ3) is 6.65. The van der Waals surface area contributed by atoms with E-state index in [1.165, 1.54) is 12.8 Å². The molecular weight excluding hydrogens is 466 g/mol. The highest BCUT2D eigenvalue weighted by atomic mass is 16.7. The second-order valence-electron chi connectivity index (χ2n) is 10.8. The summed E-state index contributed by atoms with van der Waals surface area (Å²) in [5, 5.41) is 0. The molecule has 0 radical (unpaired) electrons. The first-order chi connectivity index (χ1) is 17.9. The van der Waals surface area contributed by atoms with Crippen LogP contribution in [0.2, 0.25) is 0 Å². The molecule has 1 aromatic rings. The highest BCUT2D eigenvalue weighted by Gasteiger charge is 2.50. The molecule has 1 saturated heterocycles. The number of benzene rings is 1. The molecule has 0 N–H and O–H groups in total. The SMILES string of the molecule is C=C1/C=C\C(OCOC(=O)C(C)CC)=C/C[C@]23CCCC[C@@H]2[C@H](C1)N(C(=O)OCc1ccccc1)CC3. The first-order valence-corrected chi connectivity index (χ1v) is 13.7. The van der Waals surface area contributed by atoms with Crippen molar-refractivity contribution < 1.29 is 23.8 Å². The van der Waals surface area contributed by atoms with Crippen LogP contribution in [0.5, 0.6) is 0 Å². The summed E-state index contributed by atoms with van der Waals surface area (Å²) in [6, 6.07) is 9.90. The van der Waals surface area contributed by atoms with E-state index in [2.05, 4.69) is 12.7 Å². The maximum absolute atomic E-state index is 13.3. The first-order valence-electron chi connectivity index (χ1n) is 13.7. The third-order valence-corrected chi connectivity index (χ3v) is 8.49. The summed E-state index contributed by atoms with van der Waals surface area (Å²) >= 11 is 0. The van der Waals surface area contributed by atoms with Gasteiger partial charge in [0, 0.05) is 12.6 Å². The maximum atomic E-state index is 13.3. The zero-order chi connectivity index (χ0) is 26.3. The summed E-state index contributed by atoms with van der Waals surface area (Å²) in [4.78, 5) is 27.3. The number of allylic oxidation sites excluding steroid dienone is 3. The summed E-state index contributed by atoms with van der Waals surface area (Å²) in [7, 11) is 0. The minimum atomic E-state index is -0.239. The Morgan fingerprint density at radius 3 is 2.73 bits per heavy atom. The lowest BCUT2D eigenvalue weighted by Crippen LogP contribution is -2.57. The molecular formula is C31H41NO5. The van der Waals surface area contributed by atoms with Gasteiger partial charge in [-0.05, 0) is 67.6 Å². The van der Waals surface area contributed by atoms with Crippen LogP contribution < -0.4 is 0 Å². The van der Waals surface area contributed by atoms with Crippen molar-refractivity contribution in [1.82, 2.24) is 4.90 Å². The lowest BCUT2D eigenvalue weighted by atomic mass is 9.57. The van der Waals surface area contributed by atoms with Crippen molar-refractivity contribution in [3.8, 4) is 0 Å². The van der Waals surface area contributed by atoms with Crippen LogP contribution in [0.25, 0.3) is 0 Å². The van der Waals surface area contributed by atoms with Crippen molar-refractivity contribution in [3.63, 3.8) is 0 Å². The average molecular weight is 508 g/mol. The Morgan fingerprint density at radius 1 is 1.14 bits per heavy atom. The molecule has 2 aliphatic carbocycles. The fraction of sp³-hybridized carbons (Fsp3) is 0.548. The maximum Gasteiger partial charge on any atom is 0.410 e. The predicted molar refractivity (Wildman–Crippen MR) is 143 cm³/mol. The average Bonchev–Trinajstić information content (AvgIpc) is 2.92. The van der Waals surface area contributed by atoms with Crippen molar-refractivity contribution in [2.24, 2.45) is 17.3 Å². The topological polar surface area (TPSA) is 65.1 Å². The van der Waals surface area contributed by atoms with E-state index in [1.807, 2.05) is 61.2 Å². The van der Waals surface area contributed by atoms with Crippen molar-refractivity contribution in [2.75, 3.05) is 13.3 Å². The summed E-state index contributed by atoms with van der Waals surface area (Å²) < 4.78 is 17.0. The first kappa shape index (κ1) is 27.0. The number of nitrogens with zero attached hydrogens (tertiary/aromatic N) is 1. The summed E-state index contributed by atoms with van der Waals surface area (Å²) in [5.41, 5.74) is 2.05. The van der Waals surface area contributed by atoms with Gasteiger partial charge in [-0.2, -0.15) is 0 Å². The minimum absolute atomic E-state index is 0.0711. The van der Waals surface area contributed by atoms with Gasteiger partial charge in [0.1, 0.15) is 12.4 Å². The van der Waals surface area contributed by atoms with Gasteiger partial charge in [0.25, 0.3) is 0 Å². The molecule has 1 saturated carbocycles. The molecule has 0 aromatic heterocycles. The van der Waals surface area contributed by atoms with Crippen LogP contribution in [-0.4, -0.2) is 36.3 Å². The number of carbonyl (C=O) groups excluding carboxylic acids is 2. The second kappa shape index (κ2) is 12.5. The van der Waals surface area contributed by atoms with Gasteiger partial charge in [-0.25, -0.2) is 4.79 Å². The number of likely N-dealkylation sites (tertiary alicyclic amines) is 1. The normalized spacial score (nSPS) is 28.6. The lowest BCUT2D eigenvalue weighted by Gasteiger charge is -2.55. The largest absolute Gasteiger partial charge is 0.458 e. The van der Waals surface area contributed by atoms with E-state index in [9.17, 15) is 9.59 Å². The van der Waals surface area contributed by atoms with Gasteiger partial charge in [0.05, 0.1) is 5.92 Å². The van der Waals surface area contributed by atoms with Crippen LogP contribution in [0.3, 0.4) is 0 Å². The number of piperidine rings is 1. The van der Waals surface area contributed by atoms with Crippen LogP contribution in [0, 0.1) is 17.3 Å². The molecule has 1 unspecified atom stereocenters. The van der Waals surface area contributed by atoms with Crippen LogP contribution >= 0.6 is 0 Å². The lowest BCUT2D eigenvalue weighted by molar-refractivity contribution is -0.157. The van der Waals surface area contributed by atoms with Gasteiger partial charge >= 0.3 is 12.1 Å². The second-order valence-corrected chi connectivity index (χ2v) is 10.8. The van der Waals surface area contributed by atoms with E-state index in [1.54, 1.807) is 0 Å². The van der Waals surface area contributed by atoms with Crippen molar-refractivity contribution >= 4 is 12.1 Å². The number of amides is 1. The molecule has 200 valence electrons. The molecule has 0 spiro atoms. The van der Waals surface area contributed by atoms with Gasteiger partial charge in [-0.15, -0.1) is 0 Å². The predicted octanol–water partition coefficient (Wildman–Crippen LogP) is 6.93. The molecule has 1 aromatic carbocycles. The molecule has 1 aliphatic heterocycles. The quantitative estimate of drug-likeness (QED) is 0.296. The van der Waals surface area contributed by atoms with Gasteiger partial charge in [0.2, 0.25) is 6.79 Å². The Labute approximate surface area is 221 Å². The molecule has 2 fully saturated rings. The Kier molecular flexibility index (Phi) is 9.12. The standard InChI is InChI=1S/C31H41NO5/c1-4-24(3)29(33)37-22-36-26-14-13-23(2)20-28-27-12-8-9-16-31(27,17-15-26)18-19-32(28)30(34)35-21-25-10-6-5-7-11-25/h5-7,10-11,13-15,24,27-28H,2,4,8-9,12,16-22H2,1,3H3/b14-13-,26-15+/t24?,27-,28+,31+/m1/s1. The summed E-state index contributed by atoms with van der Waals surface area (Å²) in [5.74, 6) is 0.709. The number of hydrogen-bond acceptors (Lipinski definition) is 5. The third-order valence-electron chi connectivity index (χ3n) is 8.49. The smallest absolute Gasteiger partial charge is 0.410 e. The Bertz CT molecular complexity index is 1020. The molecule has 3 aliphatic rings. The monoisotopic (exact) mass is 507 g/mol. The summed E-state index contributed by atoms with van der Waals surface area (Å²) in [6.45, 7) is 9.00. The van der Waals surface area contributed by atoms with E-state index in [0.717, 1.165) is 43.2 Å². The van der Waals surface area contributed by atoms with Gasteiger partial charge in [-0.1, -0.05) is 75.2 Å². The van der Waals surface area contributed by atoms with E-state index in [0.29, 0.717) is 24.6 Å². The minimum Gasteiger partial charge on any atom is -0.458 e. The van der Waals surface area contributed by atoms with Crippen LogP contribution in [-0.2, 0) is 25.6 Å². The molecule has 4 atom stereocenters. The van der Waals surface area contributed by atoms with Gasteiger partial charge < -0.3 is 19.1 Å². The fourth-order valence-corrected chi connectivity index (χ4v) is 6.09. The number of ether oxygens (including phenoxy) is 3. The van der Waals surface area contributed by atoms with E-state index in [-0.39, 0.29) is 42.8 Å². The number of hydrogen-bond donors (Lipinski definition) is 0. The Morgan fingerprint density at radius 2 is 1.95 bits per heavy atom. The zero-order valence-electron chi connectivity index (χ0n) is 22.3. The van der Waals surface area contributed by atoms with E-state index < -0.39 is 0 Å². The molecule has 1 amide bonds.